The number of carbonyl (C=O) groups is 1. The van der Waals surface area contributed by atoms with Gasteiger partial charge in [-0.15, -0.1) is 0 Å². The van der Waals surface area contributed by atoms with Gasteiger partial charge < -0.3 is 19.9 Å². The number of amides is 1. The van der Waals surface area contributed by atoms with Crippen molar-refractivity contribution in [2.24, 2.45) is 0 Å². The van der Waals surface area contributed by atoms with Gasteiger partial charge in [0.1, 0.15) is 11.4 Å². The van der Waals surface area contributed by atoms with Crippen LogP contribution in [0.5, 0.6) is 0 Å². The number of aromatic nitrogens is 2. The van der Waals surface area contributed by atoms with Crippen LogP contribution in [-0.4, -0.2) is 52.2 Å². The molecule has 1 aromatic heterocycles. The Morgan fingerprint density at radius 3 is 3.00 bits per heavy atom. The van der Waals surface area contributed by atoms with Crippen LogP contribution < -0.4 is 5.32 Å². The van der Waals surface area contributed by atoms with Gasteiger partial charge in [0.2, 0.25) is 0 Å². The smallest absolute Gasteiger partial charge is 0.410 e. The summed E-state index contributed by atoms with van der Waals surface area (Å²) in [6.07, 6.45) is 8.72. The van der Waals surface area contributed by atoms with E-state index in [0.717, 1.165) is 51.1 Å². The Labute approximate surface area is 139 Å². The van der Waals surface area contributed by atoms with Crippen molar-refractivity contribution in [3.63, 3.8) is 0 Å². The van der Waals surface area contributed by atoms with Crippen LogP contribution in [0.15, 0.2) is 12.4 Å². The summed E-state index contributed by atoms with van der Waals surface area (Å²) < 4.78 is 5.53. The fraction of sp³-hybridized carbons (Fsp3) is 0.765. The highest BCUT2D eigenvalue weighted by Gasteiger charge is 2.29. The third-order valence-electron chi connectivity index (χ3n) is 3.96. The zero-order chi connectivity index (χ0) is 16.7. The second-order valence-corrected chi connectivity index (χ2v) is 7.17. The summed E-state index contributed by atoms with van der Waals surface area (Å²) in [6, 6.07) is 0.238. The summed E-state index contributed by atoms with van der Waals surface area (Å²) in [6.45, 7) is 8.30. The predicted octanol–water partition coefficient (Wildman–Crippen LogP) is 2.72. The first kappa shape index (κ1) is 17.8. The van der Waals surface area contributed by atoms with Gasteiger partial charge in [-0.3, -0.25) is 0 Å². The van der Waals surface area contributed by atoms with Crippen molar-refractivity contribution in [2.45, 2.75) is 64.5 Å². The molecular weight excluding hydrogens is 292 g/mol. The number of hydrogen-bond donors (Lipinski definition) is 2. The van der Waals surface area contributed by atoms with Crippen LogP contribution in [0.4, 0.5) is 4.79 Å². The lowest BCUT2D eigenvalue weighted by Crippen LogP contribution is -2.50. The van der Waals surface area contributed by atoms with Gasteiger partial charge in [-0.05, 0) is 53.0 Å². The Morgan fingerprint density at radius 1 is 1.48 bits per heavy atom. The van der Waals surface area contributed by atoms with Crippen LogP contribution in [0, 0.1) is 0 Å². The largest absolute Gasteiger partial charge is 0.444 e. The first-order chi connectivity index (χ1) is 11.0. The van der Waals surface area contributed by atoms with E-state index in [1.807, 2.05) is 31.9 Å². The van der Waals surface area contributed by atoms with Gasteiger partial charge in [-0.25, -0.2) is 9.78 Å². The molecule has 130 valence electrons. The highest BCUT2D eigenvalue weighted by Crippen LogP contribution is 2.20. The number of likely N-dealkylation sites (tertiary alicyclic amines) is 1. The number of nitrogens with zero attached hydrogens (tertiary/aromatic N) is 2. The minimum absolute atomic E-state index is 0.181. The standard InChI is InChI=1S/C17H30N4O2/c1-17(2,3)23-16(22)21-12-5-4-7-14(21)13-18-9-6-8-15-19-10-11-20-15/h10-11,14,18H,4-9,12-13H2,1-3H3,(H,19,20). The number of piperidine rings is 1. The second kappa shape index (κ2) is 8.34. The minimum Gasteiger partial charge on any atom is -0.444 e. The van der Waals surface area contributed by atoms with Gasteiger partial charge in [0.05, 0.1) is 0 Å². The van der Waals surface area contributed by atoms with E-state index < -0.39 is 5.60 Å². The average Bonchev–Trinajstić information content (AvgIpc) is 2.99. The number of aromatic amines is 1. The number of nitrogens with one attached hydrogen (secondary N) is 2. The van der Waals surface area contributed by atoms with Crippen LogP contribution in [0.25, 0.3) is 0 Å². The molecule has 1 saturated heterocycles. The molecule has 1 atom stereocenters. The van der Waals surface area contributed by atoms with Crippen molar-refractivity contribution in [3.8, 4) is 0 Å². The lowest BCUT2D eigenvalue weighted by molar-refractivity contribution is 0.00998. The molecule has 1 aliphatic rings. The number of rotatable bonds is 6. The van der Waals surface area contributed by atoms with Gasteiger partial charge in [-0.1, -0.05) is 0 Å². The molecule has 0 aromatic carbocycles. The van der Waals surface area contributed by atoms with Gasteiger partial charge >= 0.3 is 6.09 Å². The third kappa shape index (κ3) is 6.22. The number of carbonyl (C=O) groups excluding carboxylic acids is 1. The Kier molecular flexibility index (Phi) is 6.45. The summed E-state index contributed by atoms with van der Waals surface area (Å²) in [5, 5.41) is 3.47. The summed E-state index contributed by atoms with van der Waals surface area (Å²) in [5.74, 6) is 1.03. The summed E-state index contributed by atoms with van der Waals surface area (Å²) in [7, 11) is 0. The Morgan fingerprint density at radius 2 is 2.30 bits per heavy atom. The number of hydrogen-bond acceptors (Lipinski definition) is 4. The van der Waals surface area contributed by atoms with Crippen molar-refractivity contribution in [3.05, 3.63) is 18.2 Å². The quantitative estimate of drug-likeness (QED) is 0.790. The van der Waals surface area contributed by atoms with E-state index in [2.05, 4.69) is 15.3 Å². The molecule has 1 aromatic rings. The molecule has 0 aliphatic carbocycles. The molecular formula is C17H30N4O2. The molecule has 2 N–H and O–H groups in total. The minimum atomic E-state index is -0.435. The SMILES string of the molecule is CC(C)(C)OC(=O)N1CCCCC1CNCCCc1ncc[nH]1. The molecule has 23 heavy (non-hydrogen) atoms. The topological polar surface area (TPSA) is 70.2 Å². The van der Waals surface area contributed by atoms with E-state index in [9.17, 15) is 4.79 Å². The molecule has 0 bridgehead atoms. The highest BCUT2D eigenvalue weighted by atomic mass is 16.6. The zero-order valence-corrected chi connectivity index (χ0v) is 14.6. The van der Waals surface area contributed by atoms with Crippen molar-refractivity contribution in [1.29, 1.82) is 0 Å². The van der Waals surface area contributed by atoms with Gasteiger partial charge in [0.25, 0.3) is 0 Å². The van der Waals surface area contributed by atoms with E-state index in [0.29, 0.717) is 0 Å². The van der Waals surface area contributed by atoms with E-state index in [1.54, 1.807) is 6.20 Å². The average molecular weight is 322 g/mol. The first-order valence-electron chi connectivity index (χ1n) is 8.64. The highest BCUT2D eigenvalue weighted by molar-refractivity contribution is 5.68. The zero-order valence-electron chi connectivity index (χ0n) is 14.6. The molecule has 1 amide bonds. The Balaban J connectivity index is 1.71. The summed E-state index contributed by atoms with van der Waals surface area (Å²) in [5.41, 5.74) is -0.435. The molecule has 1 aliphatic heterocycles. The second-order valence-electron chi connectivity index (χ2n) is 7.17. The molecule has 0 saturated carbocycles. The molecule has 1 unspecified atom stereocenters. The Hall–Kier alpha value is -1.56. The van der Waals surface area contributed by atoms with Crippen LogP contribution in [-0.2, 0) is 11.2 Å². The van der Waals surface area contributed by atoms with E-state index in [-0.39, 0.29) is 12.1 Å². The molecule has 2 rings (SSSR count). The first-order valence-corrected chi connectivity index (χ1v) is 8.64. The van der Waals surface area contributed by atoms with Crippen molar-refractivity contribution >= 4 is 6.09 Å². The van der Waals surface area contributed by atoms with Crippen LogP contribution in [0.2, 0.25) is 0 Å². The monoisotopic (exact) mass is 322 g/mol. The number of H-pyrrole nitrogens is 1. The van der Waals surface area contributed by atoms with Gasteiger partial charge in [0.15, 0.2) is 0 Å². The maximum absolute atomic E-state index is 12.3. The molecule has 0 spiro atoms. The van der Waals surface area contributed by atoms with Crippen molar-refractivity contribution in [1.82, 2.24) is 20.2 Å². The summed E-state index contributed by atoms with van der Waals surface area (Å²) in [4.78, 5) is 21.6. The van der Waals surface area contributed by atoms with E-state index in [4.69, 9.17) is 4.74 Å². The third-order valence-corrected chi connectivity index (χ3v) is 3.96. The number of imidazole rings is 1. The Bertz CT molecular complexity index is 467. The fourth-order valence-electron chi connectivity index (χ4n) is 2.86. The fourth-order valence-corrected chi connectivity index (χ4v) is 2.86. The summed E-state index contributed by atoms with van der Waals surface area (Å²) >= 11 is 0. The molecule has 2 heterocycles. The lowest BCUT2D eigenvalue weighted by Gasteiger charge is -2.37. The maximum atomic E-state index is 12.3. The maximum Gasteiger partial charge on any atom is 0.410 e. The number of aryl methyl sites for hydroxylation is 1. The van der Waals surface area contributed by atoms with Gasteiger partial charge in [0, 0.05) is 37.9 Å². The molecule has 1 fully saturated rings. The van der Waals surface area contributed by atoms with Crippen molar-refractivity contribution < 1.29 is 9.53 Å². The normalized spacial score (nSPS) is 18.9. The number of ether oxygens (including phenoxy) is 1. The molecule has 6 nitrogen and oxygen atoms in total. The lowest BCUT2D eigenvalue weighted by atomic mass is 10.0. The van der Waals surface area contributed by atoms with Crippen LogP contribution in [0.3, 0.4) is 0 Å². The van der Waals surface area contributed by atoms with Gasteiger partial charge in [-0.2, -0.15) is 0 Å². The molecule has 6 heteroatoms. The van der Waals surface area contributed by atoms with Crippen LogP contribution in [0.1, 0.15) is 52.3 Å². The molecule has 0 radical (unpaired) electrons. The van der Waals surface area contributed by atoms with Crippen molar-refractivity contribution in [2.75, 3.05) is 19.6 Å². The van der Waals surface area contributed by atoms with E-state index in [1.165, 1.54) is 6.42 Å². The van der Waals surface area contributed by atoms with E-state index >= 15 is 0 Å². The predicted molar refractivity (Wildman–Crippen MR) is 90.4 cm³/mol. The van der Waals surface area contributed by atoms with Crippen LogP contribution >= 0.6 is 0 Å².